The molecule has 0 amide bonds. The summed E-state index contributed by atoms with van der Waals surface area (Å²) in [6.45, 7) is 0. The van der Waals surface area contributed by atoms with Crippen molar-refractivity contribution in [3.05, 3.63) is 168 Å². The fraction of sp³-hybridized carbons (Fsp3) is 0. The van der Waals surface area contributed by atoms with Crippen LogP contribution in [0.2, 0.25) is 0 Å². The van der Waals surface area contributed by atoms with Gasteiger partial charge in [0, 0.05) is 22.3 Å². The molecule has 0 atom stereocenters. The number of carbonyl (C=O) groups excluding carboxylic acids is 2. The lowest BCUT2D eigenvalue weighted by Crippen LogP contribution is -1.95. The molecule has 46 heavy (non-hydrogen) atoms. The maximum atomic E-state index is 13.1. The first-order chi connectivity index (χ1) is 22.6. The van der Waals surface area contributed by atoms with Crippen LogP contribution in [0.15, 0.2) is 146 Å². The largest absolute Gasteiger partial charge is 0.289 e. The molecule has 0 spiro atoms. The first kappa shape index (κ1) is 25.2. The molecule has 0 aliphatic heterocycles. The number of benzene rings is 8. The monoisotopic (exact) mass is 584 g/mol. The lowest BCUT2D eigenvalue weighted by molar-refractivity contribution is 0.103. The minimum Gasteiger partial charge on any atom is -0.289 e. The quantitative estimate of drug-likeness (QED) is 0.189. The van der Waals surface area contributed by atoms with Crippen LogP contribution in [0.5, 0.6) is 0 Å². The van der Waals surface area contributed by atoms with E-state index in [9.17, 15) is 9.59 Å². The maximum Gasteiger partial charge on any atom is 0.194 e. The molecule has 8 aromatic carbocycles. The first-order valence-corrected chi connectivity index (χ1v) is 15.6. The summed E-state index contributed by atoms with van der Waals surface area (Å²) in [7, 11) is 0. The van der Waals surface area contributed by atoms with E-state index in [1.54, 1.807) is 0 Å². The van der Waals surface area contributed by atoms with Gasteiger partial charge in [0.2, 0.25) is 0 Å². The standard InChI is InChI=1S/C44H24O2/c45-43-39-7-3-1-5-35(39)37-15-13-29(23-41(37)43)25-9-11-27-19-34-22-32-18-26(10-12-28(32)20-33(34)21-31(27)17-25)30-14-16-38-36-6-2-4-8-40(36)44(46)42(38)24-30/h1-24H. The highest BCUT2D eigenvalue weighted by Crippen LogP contribution is 2.41. The number of hydrogen-bond donors (Lipinski definition) is 0. The molecule has 0 fully saturated rings. The summed E-state index contributed by atoms with van der Waals surface area (Å²) >= 11 is 0. The minimum absolute atomic E-state index is 0.101. The molecule has 0 radical (unpaired) electrons. The Morgan fingerprint density at radius 3 is 1.02 bits per heavy atom. The van der Waals surface area contributed by atoms with Crippen molar-refractivity contribution >= 4 is 43.9 Å². The van der Waals surface area contributed by atoms with Crippen molar-refractivity contribution in [2.45, 2.75) is 0 Å². The highest BCUT2D eigenvalue weighted by molar-refractivity contribution is 6.23. The second kappa shape index (κ2) is 9.20. The Bertz CT molecular complexity index is 2490. The van der Waals surface area contributed by atoms with Crippen molar-refractivity contribution in [2.24, 2.45) is 0 Å². The summed E-state index contributed by atoms with van der Waals surface area (Å²) in [6, 6.07) is 50.3. The molecular formula is C44H24O2. The molecule has 2 nitrogen and oxygen atoms in total. The average molecular weight is 585 g/mol. The zero-order chi connectivity index (χ0) is 30.5. The lowest BCUT2D eigenvalue weighted by Gasteiger charge is -2.10. The second-order valence-electron chi connectivity index (χ2n) is 12.4. The van der Waals surface area contributed by atoms with Gasteiger partial charge < -0.3 is 0 Å². The molecule has 0 aromatic heterocycles. The lowest BCUT2D eigenvalue weighted by atomic mass is 9.94. The number of fused-ring (bicyclic) bond motifs is 9. The summed E-state index contributed by atoms with van der Waals surface area (Å²) < 4.78 is 0. The Balaban J connectivity index is 1.02. The second-order valence-corrected chi connectivity index (χ2v) is 12.4. The zero-order valence-electron chi connectivity index (χ0n) is 24.7. The van der Waals surface area contributed by atoms with Gasteiger partial charge in [0.15, 0.2) is 11.6 Å². The van der Waals surface area contributed by atoms with E-state index >= 15 is 0 Å². The van der Waals surface area contributed by atoms with E-state index in [1.807, 2.05) is 60.7 Å². The molecule has 212 valence electrons. The summed E-state index contributed by atoms with van der Waals surface area (Å²) in [4.78, 5) is 26.3. The highest BCUT2D eigenvalue weighted by Gasteiger charge is 2.27. The highest BCUT2D eigenvalue weighted by atomic mass is 16.1. The molecule has 2 aliphatic carbocycles. The van der Waals surface area contributed by atoms with E-state index in [2.05, 4.69) is 84.9 Å². The van der Waals surface area contributed by atoms with E-state index in [4.69, 9.17) is 0 Å². The van der Waals surface area contributed by atoms with Crippen LogP contribution in [-0.2, 0) is 0 Å². The van der Waals surface area contributed by atoms with E-state index < -0.39 is 0 Å². The Labute approximate surface area is 265 Å². The number of hydrogen-bond acceptors (Lipinski definition) is 2. The van der Waals surface area contributed by atoms with E-state index in [0.717, 1.165) is 66.8 Å². The van der Waals surface area contributed by atoms with Crippen molar-refractivity contribution in [1.29, 1.82) is 0 Å². The van der Waals surface area contributed by atoms with Gasteiger partial charge in [-0.1, -0.05) is 97.1 Å². The third-order valence-electron chi connectivity index (χ3n) is 9.87. The fourth-order valence-electron chi connectivity index (χ4n) is 7.52. The van der Waals surface area contributed by atoms with Crippen LogP contribution in [-0.4, -0.2) is 11.6 Å². The van der Waals surface area contributed by atoms with Crippen LogP contribution in [0.3, 0.4) is 0 Å². The number of ketones is 2. The Kier molecular flexibility index (Phi) is 5.05. The van der Waals surface area contributed by atoms with Crippen molar-refractivity contribution in [3.8, 4) is 44.5 Å². The van der Waals surface area contributed by atoms with E-state index in [1.165, 1.54) is 32.3 Å². The average Bonchev–Trinajstić information content (AvgIpc) is 3.55. The van der Waals surface area contributed by atoms with Gasteiger partial charge in [-0.05, 0) is 125 Å². The molecule has 0 saturated heterocycles. The van der Waals surface area contributed by atoms with Gasteiger partial charge in [0.05, 0.1) is 0 Å². The Morgan fingerprint density at radius 2 is 0.565 bits per heavy atom. The van der Waals surface area contributed by atoms with Crippen molar-refractivity contribution < 1.29 is 9.59 Å². The number of carbonyl (C=O) groups is 2. The van der Waals surface area contributed by atoms with Crippen molar-refractivity contribution in [2.75, 3.05) is 0 Å². The van der Waals surface area contributed by atoms with Crippen LogP contribution in [0, 0.1) is 0 Å². The molecule has 0 N–H and O–H groups in total. The van der Waals surface area contributed by atoms with Gasteiger partial charge in [-0.15, -0.1) is 0 Å². The van der Waals surface area contributed by atoms with Crippen LogP contribution in [0.1, 0.15) is 31.8 Å². The Morgan fingerprint density at radius 1 is 0.239 bits per heavy atom. The van der Waals surface area contributed by atoms with Gasteiger partial charge in [0.25, 0.3) is 0 Å². The van der Waals surface area contributed by atoms with Crippen LogP contribution in [0.25, 0.3) is 76.8 Å². The van der Waals surface area contributed by atoms with Crippen LogP contribution < -0.4 is 0 Å². The molecule has 2 aliphatic rings. The fourth-order valence-corrected chi connectivity index (χ4v) is 7.52. The van der Waals surface area contributed by atoms with Gasteiger partial charge in [-0.2, -0.15) is 0 Å². The first-order valence-electron chi connectivity index (χ1n) is 15.6. The van der Waals surface area contributed by atoms with Crippen molar-refractivity contribution in [3.63, 3.8) is 0 Å². The topological polar surface area (TPSA) is 34.1 Å². The molecule has 0 bridgehead atoms. The molecule has 8 aromatic rings. The third-order valence-corrected chi connectivity index (χ3v) is 9.87. The molecule has 10 rings (SSSR count). The van der Waals surface area contributed by atoms with Crippen molar-refractivity contribution in [1.82, 2.24) is 0 Å². The van der Waals surface area contributed by atoms with Gasteiger partial charge in [-0.3, -0.25) is 9.59 Å². The normalized spacial score (nSPS) is 12.9. The van der Waals surface area contributed by atoms with Crippen LogP contribution >= 0.6 is 0 Å². The molecular weight excluding hydrogens is 560 g/mol. The number of rotatable bonds is 2. The maximum absolute atomic E-state index is 13.1. The third kappa shape index (κ3) is 3.59. The van der Waals surface area contributed by atoms with E-state index in [0.29, 0.717) is 0 Å². The zero-order valence-corrected chi connectivity index (χ0v) is 24.7. The smallest absolute Gasteiger partial charge is 0.194 e. The summed E-state index contributed by atoms with van der Waals surface area (Å²) in [5, 5.41) is 7.05. The van der Waals surface area contributed by atoms with E-state index in [-0.39, 0.29) is 11.6 Å². The predicted molar refractivity (Wildman–Crippen MR) is 188 cm³/mol. The molecule has 0 heterocycles. The summed E-state index contributed by atoms with van der Waals surface area (Å²) in [5.41, 5.74) is 11.5. The predicted octanol–water partition coefficient (Wildman–Crippen LogP) is 10.9. The van der Waals surface area contributed by atoms with Gasteiger partial charge in [-0.25, -0.2) is 0 Å². The molecule has 2 heteroatoms. The Hall–Kier alpha value is -6.12. The van der Waals surface area contributed by atoms with Crippen LogP contribution in [0.4, 0.5) is 0 Å². The summed E-state index contributed by atoms with van der Waals surface area (Å²) in [5.74, 6) is 0.203. The SMILES string of the molecule is O=C1c2ccccc2-c2ccc(-c3ccc4cc5cc6cc(-c7ccc8c(c7)C(=O)c7ccccc7-8)ccc6cc5cc4c3)cc21. The summed E-state index contributed by atoms with van der Waals surface area (Å²) in [6.07, 6.45) is 0. The molecule has 0 saturated carbocycles. The van der Waals surface area contributed by atoms with Gasteiger partial charge >= 0.3 is 0 Å². The van der Waals surface area contributed by atoms with Gasteiger partial charge in [0.1, 0.15) is 0 Å². The minimum atomic E-state index is 0.101. The molecule has 0 unspecified atom stereocenters.